The van der Waals surface area contributed by atoms with Gasteiger partial charge in [0.05, 0.1) is 0 Å². The largest absolute Gasteiger partial charge is 0.307 e. The first kappa shape index (κ1) is 14.6. The van der Waals surface area contributed by atoms with E-state index in [-0.39, 0.29) is 5.82 Å². The van der Waals surface area contributed by atoms with Crippen LogP contribution in [0.1, 0.15) is 42.9 Å². The summed E-state index contributed by atoms with van der Waals surface area (Å²) in [4.78, 5) is 0. The van der Waals surface area contributed by atoms with Crippen molar-refractivity contribution in [3.63, 3.8) is 0 Å². The standard InChI is InChI=1S/C18H19ClFN/c1-12(14-3-2-4-16(19)9-14)21-18-10-15(11-18)13-5-7-17(20)8-6-13/h2-9,12,15,18,21H,10-11H2,1H3/t12-,15?,18?/m0/s1. The summed E-state index contributed by atoms with van der Waals surface area (Å²) in [5.41, 5.74) is 2.46. The zero-order chi connectivity index (χ0) is 14.8. The molecule has 110 valence electrons. The van der Waals surface area contributed by atoms with Crippen LogP contribution in [0.4, 0.5) is 4.39 Å². The van der Waals surface area contributed by atoms with Crippen LogP contribution in [-0.4, -0.2) is 6.04 Å². The van der Waals surface area contributed by atoms with Crippen LogP contribution in [-0.2, 0) is 0 Å². The monoisotopic (exact) mass is 303 g/mol. The molecule has 1 atom stereocenters. The minimum absolute atomic E-state index is 0.165. The molecule has 0 bridgehead atoms. The Bertz CT molecular complexity index is 605. The highest BCUT2D eigenvalue weighted by atomic mass is 35.5. The van der Waals surface area contributed by atoms with E-state index in [1.54, 1.807) is 12.1 Å². The number of rotatable bonds is 4. The summed E-state index contributed by atoms with van der Waals surface area (Å²) in [6.45, 7) is 2.16. The molecule has 0 unspecified atom stereocenters. The molecule has 21 heavy (non-hydrogen) atoms. The highest BCUT2D eigenvalue weighted by Crippen LogP contribution is 2.38. The second kappa shape index (κ2) is 6.17. The van der Waals surface area contributed by atoms with Gasteiger partial charge in [0.25, 0.3) is 0 Å². The first-order valence-electron chi connectivity index (χ1n) is 7.39. The van der Waals surface area contributed by atoms with E-state index < -0.39 is 0 Å². The fraction of sp³-hybridized carbons (Fsp3) is 0.333. The van der Waals surface area contributed by atoms with Gasteiger partial charge in [-0.2, -0.15) is 0 Å². The van der Waals surface area contributed by atoms with Crippen molar-refractivity contribution in [2.45, 2.75) is 37.8 Å². The molecule has 1 nitrogen and oxygen atoms in total. The Morgan fingerprint density at radius 3 is 2.52 bits per heavy atom. The second-order valence-electron chi connectivity index (χ2n) is 5.86. The van der Waals surface area contributed by atoms with Crippen LogP contribution >= 0.6 is 11.6 Å². The lowest BCUT2D eigenvalue weighted by atomic mass is 9.75. The van der Waals surface area contributed by atoms with Crippen LogP contribution in [0.3, 0.4) is 0 Å². The van der Waals surface area contributed by atoms with Crippen LogP contribution in [0.25, 0.3) is 0 Å². The molecule has 0 aliphatic heterocycles. The van der Waals surface area contributed by atoms with E-state index in [0.717, 1.165) is 17.9 Å². The van der Waals surface area contributed by atoms with Gasteiger partial charge in [-0.25, -0.2) is 4.39 Å². The lowest BCUT2D eigenvalue weighted by Gasteiger charge is -2.38. The molecule has 0 saturated heterocycles. The Morgan fingerprint density at radius 2 is 1.86 bits per heavy atom. The predicted molar refractivity (Wildman–Crippen MR) is 85.2 cm³/mol. The van der Waals surface area contributed by atoms with Crippen molar-refractivity contribution >= 4 is 11.6 Å². The maximum Gasteiger partial charge on any atom is 0.123 e. The van der Waals surface area contributed by atoms with Crippen molar-refractivity contribution in [2.24, 2.45) is 0 Å². The van der Waals surface area contributed by atoms with Crippen molar-refractivity contribution in [1.29, 1.82) is 0 Å². The van der Waals surface area contributed by atoms with Gasteiger partial charge in [-0.15, -0.1) is 0 Å². The van der Waals surface area contributed by atoms with Crippen molar-refractivity contribution in [3.05, 3.63) is 70.5 Å². The summed E-state index contributed by atoms with van der Waals surface area (Å²) in [5, 5.41) is 4.42. The molecule has 3 rings (SSSR count). The molecule has 1 N–H and O–H groups in total. The van der Waals surface area contributed by atoms with Gasteiger partial charge in [-0.05, 0) is 61.1 Å². The van der Waals surface area contributed by atoms with E-state index in [1.165, 1.54) is 11.1 Å². The van der Waals surface area contributed by atoms with Crippen molar-refractivity contribution in [2.75, 3.05) is 0 Å². The van der Waals surface area contributed by atoms with Crippen LogP contribution < -0.4 is 5.32 Å². The van der Waals surface area contributed by atoms with Crippen molar-refractivity contribution < 1.29 is 4.39 Å². The number of nitrogens with one attached hydrogen (secondary N) is 1. The third-order valence-electron chi connectivity index (χ3n) is 4.31. The summed E-state index contributed by atoms with van der Waals surface area (Å²) in [7, 11) is 0. The molecule has 1 saturated carbocycles. The van der Waals surface area contributed by atoms with Gasteiger partial charge >= 0.3 is 0 Å². The van der Waals surface area contributed by atoms with E-state index in [4.69, 9.17) is 11.6 Å². The third-order valence-corrected chi connectivity index (χ3v) is 4.55. The lowest BCUT2D eigenvalue weighted by molar-refractivity contribution is 0.271. The number of hydrogen-bond donors (Lipinski definition) is 1. The summed E-state index contributed by atoms with van der Waals surface area (Å²) in [6, 6.07) is 15.7. The summed E-state index contributed by atoms with van der Waals surface area (Å²) in [5.74, 6) is 0.386. The zero-order valence-corrected chi connectivity index (χ0v) is 12.8. The number of hydrogen-bond acceptors (Lipinski definition) is 1. The van der Waals surface area contributed by atoms with Crippen molar-refractivity contribution in [3.8, 4) is 0 Å². The van der Waals surface area contributed by atoms with Gasteiger partial charge in [-0.3, -0.25) is 0 Å². The summed E-state index contributed by atoms with van der Waals surface area (Å²) >= 11 is 6.03. The molecule has 1 aliphatic carbocycles. The van der Waals surface area contributed by atoms with Gasteiger partial charge in [0.15, 0.2) is 0 Å². The zero-order valence-electron chi connectivity index (χ0n) is 12.0. The molecule has 0 radical (unpaired) electrons. The fourth-order valence-corrected chi connectivity index (χ4v) is 3.19. The highest BCUT2D eigenvalue weighted by Gasteiger charge is 2.31. The molecule has 0 aromatic heterocycles. The maximum absolute atomic E-state index is 12.9. The normalized spacial score (nSPS) is 22.6. The molecule has 0 heterocycles. The molecule has 3 heteroatoms. The summed E-state index contributed by atoms with van der Waals surface area (Å²) < 4.78 is 12.9. The average Bonchev–Trinajstić information content (AvgIpc) is 2.43. The van der Waals surface area contributed by atoms with Crippen LogP contribution in [0.2, 0.25) is 5.02 Å². The van der Waals surface area contributed by atoms with E-state index in [1.807, 2.05) is 30.3 Å². The summed E-state index contributed by atoms with van der Waals surface area (Å²) in [6.07, 6.45) is 2.22. The average molecular weight is 304 g/mol. The molecule has 1 fully saturated rings. The Balaban J connectivity index is 1.54. The Hall–Kier alpha value is -1.38. The minimum atomic E-state index is -0.165. The molecular formula is C18H19ClFN. The predicted octanol–water partition coefficient (Wildman–Crippen LogP) is 5.08. The first-order chi connectivity index (χ1) is 10.1. The topological polar surface area (TPSA) is 12.0 Å². The van der Waals surface area contributed by atoms with Crippen molar-refractivity contribution in [1.82, 2.24) is 5.32 Å². The Labute approximate surface area is 130 Å². The van der Waals surface area contributed by atoms with Gasteiger partial charge in [0.1, 0.15) is 5.82 Å². The molecule has 2 aromatic rings. The van der Waals surface area contributed by atoms with Gasteiger partial charge in [-0.1, -0.05) is 35.9 Å². The molecule has 1 aliphatic rings. The van der Waals surface area contributed by atoms with E-state index in [2.05, 4.69) is 18.3 Å². The maximum atomic E-state index is 12.9. The highest BCUT2D eigenvalue weighted by molar-refractivity contribution is 6.30. The SMILES string of the molecule is C[C@H](NC1CC(c2ccc(F)cc2)C1)c1cccc(Cl)c1. The minimum Gasteiger partial charge on any atom is -0.307 e. The second-order valence-corrected chi connectivity index (χ2v) is 6.30. The molecule has 2 aromatic carbocycles. The third kappa shape index (κ3) is 3.45. The van der Waals surface area contributed by atoms with E-state index in [0.29, 0.717) is 18.0 Å². The fourth-order valence-electron chi connectivity index (χ4n) is 2.99. The lowest BCUT2D eigenvalue weighted by Crippen LogP contribution is -2.41. The van der Waals surface area contributed by atoms with Crippen LogP contribution in [0.5, 0.6) is 0 Å². The van der Waals surface area contributed by atoms with Gasteiger partial charge in [0.2, 0.25) is 0 Å². The Morgan fingerprint density at radius 1 is 1.14 bits per heavy atom. The number of benzene rings is 2. The molecular weight excluding hydrogens is 285 g/mol. The van der Waals surface area contributed by atoms with Gasteiger partial charge in [0, 0.05) is 17.1 Å². The number of halogens is 2. The van der Waals surface area contributed by atoms with E-state index in [9.17, 15) is 4.39 Å². The molecule has 0 amide bonds. The van der Waals surface area contributed by atoms with Gasteiger partial charge < -0.3 is 5.32 Å². The van der Waals surface area contributed by atoms with Crippen LogP contribution in [0, 0.1) is 5.82 Å². The van der Waals surface area contributed by atoms with Crippen LogP contribution in [0.15, 0.2) is 48.5 Å². The first-order valence-corrected chi connectivity index (χ1v) is 7.76. The van der Waals surface area contributed by atoms with E-state index >= 15 is 0 Å². The quantitative estimate of drug-likeness (QED) is 0.831. The smallest absolute Gasteiger partial charge is 0.123 e. The Kier molecular flexibility index (Phi) is 4.27. The molecule has 0 spiro atoms.